The highest BCUT2D eigenvalue weighted by Gasteiger charge is 2.28. The maximum atomic E-state index is 13.2. The maximum absolute atomic E-state index is 13.2. The molecule has 1 amide bonds. The number of nitrogens with one attached hydrogen (secondary N) is 1. The molecule has 0 unspecified atom stereocenters. The molecule has 3 rings (SSSR count). The second-order valence-corrected chi connectivity index (χ2v) is 10.7. The van der Waals surface area contributed by atoms with Gasteiger partial charge in [-0.15, -0.1) is 0 Å². The number of anilines is 1. The van der Waals surface area contributed by atoms with Crippen molar-refractivity contribution < 1.29 is 22.7 Å². The standard InChI is InChI=1S/C24H34N4O5S/c1-17-13-28(14-19-7-6-10-25-12-19)18(2)16-33-22-11-20(26-34(5,30)31)8-9-21(22)24(29)27(3)15-23(17)32-4/h6-12,17-18,23,26H,13-16H2,1-5H3/t17-,18-,23-/m0/s1. The van der Waals surface area contributed by atoms with Crippen LogP contribution in [0.15, 0.2) is 42.7 Å². The number of aromatic nitrogens is 1. The third-order valence-corrected chi connectivity index (χ3v) is 6.59. The number of amides is 1. The number of hydrogen-bond donors (Lipinski definition) is 1. The first kappa shape index (κ1) is 25.9. The van der Waals surface area contributed by atoms with Crippen LogP contribution < -0.4 is 9.46 Å². The molecule has 1 aliphatic rings. The van der Waals surface area contributed by atoms with Crippen LogP contribution in [0.25, 0.3) is 0 Å². The molecule has 0 fully saturated rings. The Kier molecular flexibility index (Phi) is 8.51. The quantitative estimate of drug-likeness (QED) is 0.687. The van der Waals surface area contributed by atoms with Crippen molar-refractivity contribution in [1.29, 1.82) is 0 Å². The van der Waals surface area contributed by atoms with Crippen LogP contribution in [0.3, 0.4) is 0 Å². The summed E-state index contributed by atoms with van der Waals surface area (Å²) < 4.78 is 37.8. The van der Waals surface area contributed by atoms with Crippen LogP contribution >= 0.6 is 0 Å². The first-order valence-electron chi connectivity index (χ1n) is 11.2. The highest BCUT2D eigenvalue weighted by molar-refractivity contribution is 7.92. The van der Waals surface area contributed by atoms with Gasteiger partial charge in [-0.3, -0.25) is 19.4 Å². The van der Waals surface area contributed by atoms with Crippen LogP contribution in [-0.4, -0.2) is 81.4 Å². The van der Waals surface area contributed by atoms with Crippen molar-refractivity contribution in [3.05, 3.63) is 53.9 Å². The number of benzene rings is 1. The van der Waals surface area contributed by atoms with E-state index in [1.54, 1.807) is 43.5 Å². The minimum Gasteiger partial charge on any atom is -0.491 e. The lowest BCUT2D eigenvalue weighted by molar-refractivity contribution is 0.00920. The summed E-state index contributed by atoms with van der Waals surface area (Å²) in [7, 11) is -0.0720. The van der Waals surface area contributed by atoms with Crippen molar-refractivity contribution in [3.8, 4) is 5.75 Å². The van der Waals surface area contributed by atoms with Gasteiger partial charge in [0.05, 0.1) is 23.6 Å². The lowest BCUT2D eigenvalue weighted by atomic mass is 10.0. The Balaban J connectivity index is 1.96. The third-order valence-electron chi connectivity index (χ3n) is 5.99. The van der Waals surface area contributed by atoms with Crippen LogP contribution in [0.4, 0.5) is 5.69 Å². The summed E-state index contributed by atoms with van der Waals surface area (Å²) in [4.78, 5) is 21.4. The lowest BCUT2D eigenvalue weighted by Gasteiger charge is -2.36. The normalized spacial score (nSPS) is 22.8. The molecule has 34 heavy (non-hydrogen) atoms. The fourth-order valence-corrected chi connectivity index (χ4v) is 4.63. The van der Waals surface area contributed by atoms with Gasteiger partial charge in [0.15, 0.2) is 0 Å². The second kappa shape index (κ2) is 11.2. The highest BCUT2D eigenvalue weighted by atomic mass is 32.2. The molecule has 186 valence electrons. The van der Waals surface area contributed by atoms with Crippen LogP contribution in [-0.2, 0) is 21.3 Å². The summed E-state index contributed by atoms with van der Waals surface area (Å²) in [6.45, 7) is 6.35. The van der Waals surface area contributed by atoms with Crippen LogP contribution in [0, 0.1) is 5.92 Å². The summed E-state index contributed by atoms with van der Waals surface area (Å²) in [6.07, 6.45) is 4.53. The topological polar surface area (TPSA) is 101 Å². The van der Waals surface area contributed by atoms with E-state index in [9.17, 15) is 13.2 Å². The van der Waals surface area contributed by atoms with E-state index in [0.717, 1.165) is 18.4 Å². The van der Waals surface area contributed by atoms with Gasteiger partial charge in [-0.1, -0.05) is 13.0 Å². The molecule has 0 aliphatic carbocycles. The van der Waals surface area contributed by atoms with Gasteiger partial charge >= 0.3 is 0 Å². The van der Waals surface area contributed by atoms with Crippen molar-refractivity contribution in [2.75, 3.05) is 44.8 Å². The summed E-state index contributed by atoms with van der Waals surface area (Å²) in [5.74, 6) is 0.275. The number of nitrogens with zero attached hydrogens (tertiary/aromatic N) is 3. The summed E-state index contributed by atoms with van der Waals surface area (Å²) in [5.41, 5.74) is 1.80. The van der Waals surface area contributed by atoms with E-state index in [1.807, 2.05) is 18.3 Å². The average Bonchev–Trinajstić information content (AvgIpc) is 2.79. The smallest absolute Gasteiger partial charge is 0.257 e. The fourth-order valence-electron chi connectivity index (χ4n) is 4.07. The van der Waals surface area contributed by atoms with Gasteiger partial charge in [-0.05, 0) is 36.6 Å². The summed E-state index contributed by atoms with van der Waals surface area (Å²) in [5, 5.41) is 0. The van der Waals surface area contributed by atoms with Gasteiger partial charge in [-0.2, -0.15) is 0 Å². The van der Waals surface area contributed by atoms with Gasteiger partial charge in [0.25, 0.3) is 5.91 Å². The zero-order chi connectivity index (χ0) is 24.9. The van der Waals surface area contributed by atoms with E-state index >= 15 is 0 Å². The van der Waals surface area contributed by atoms with Crippen molar-refractivity contribution in [2.24, 2.45) is 5.92 Å². The first-order chi connectivity index (χ1) is 16.1. The number of sulfonamides is 1. The monoisotopic (exact) mass is 490 g/mol. The molecule has 3 atom stereocenters. The number of pyridine rings is 1. The van der Waals surface area contributed by atoms with Crippen molar-refractivity contribution in [3.63, 3.8) is 0 Å². The number of likely N-dealkylation sites (N-methyl/N-ethyl adjacent to an activating group) is 1. The Morgan fingerprint density at radius 3 is 2.65 bits per heavy atom. The second-order valence-electron chi connectivity index (χ2n) is 8.97. The molecule has 1 aromatic carbocycles. The molecule has 10 heteroatoms. The molecule has 0 saturated heterocycles. The minimum atomic E-state index is -3.47. The Labute approximate surface area is 202 Å². The number of methoxy groups -OCH3 is 1. The predicted molar refractivity (Wildman–Crippen MR) is 131 cm³/mol. The fraction of sp³-hybridized carbons (Fsp3) is 0.500. The van der Waals surface area contributed by atoms with Crippen LogP contribution in [0.2, 0.25) is 0 Å². The number of hydrogen-bond acceptors (Lipinski definition) is 7. The molecule has 1 aliphatic heterocycles. The first-order valence-corrected chi connectivity index (χ1v) is 13.1. The molecule has 1 aromatic heterocycles. The van der Waals surface area contributed by atoms with Crippen molar-refractivity contribution in [2.45, 2.75) is 32.5 Å². The van der Waals surface area contributed by atoms with E-state index in [2.05, 4.69) is 28.5 Å². The van der Waals surface area contributed by atoms with E-state index < -0.39 is 10.0 Å². The lowest BCUT2D eigenvalue weighted by Crippen LogP contribution is -2.46. The molecule has 0 bridgehead atoms. The van der Waals surface area contributed by atoms with E-state index in [0.29, 0.717) is 36.7 Å². The number of carbonyl (C=O) groups excluding carboxylic acids is 1. The molecule has 2 aromatic rings. The van der Waals surface area contributed by atoms with Crippen LogP contribution in [0.1, 0.15) is 29.8 Å². The Bertz CT molecular complexity index is 1080. The molecule has 0 spiro atoms. The number of carbonyl (C=O) groups is 1. The Morgan fingerprint density at radius 2 is 2.00 bits per heavy atom. The molecule has 0 saturated carbocycles. The molecule has 2 heterocycles. The van der Waals surface area contributed by atoms with E-state index in [-0.39, 0.29) is 24.0 Å². The molecular formula is C24H34N4O5S. The van der Waals surface area contributed by atoms with E-state index in [4.69, 9.17) is 9.47 Å². The zero-order valence-corrected chi connectivity index (χ0v) is 21.2. The Morgan fingerprint density at radius 1 is 1.24 bits per heavy atom. The van der Waals surface area contributed by atoms with Crippen molar-refractivity contribution >= 4 is 21.6 Å². The number of fused-ring (bicyclic) bond motifs is 1. The van der Waals surface area contributed by atoms with Crippen LogP contribution in [0.5, 0.6) is 5.75 Å². The molecular weight excluding hydrogens is 456 g/mol. The molecule has 0 radical (unpaired) electrons. The van der Waals surface area contributed by atoms with Gasteiger partial charge < -0.3 is 14.4 Å². The molecule has 9 nitrogen and oxygen atoms in total. The highest BCUT2D eigenvalue weighted by Crippen LogP contribution is 2.27. The van der Waals surface area contributed by atoms with Crippen molar-refractivity contribution in [1.82, 2.24) is 14.8 Å². The Hall–Kier alpha value is -2.69. The van der Waals surface area contributed by atoms with Gasteiger partial charge in [0.1, 0.15) is 12.4 Å². The SMILES string of the molecule is CO[C@H]1CN(C)C(=O)c2ccc(NS(C)(=O)=O)cc2OC[C@H](C)N(Cc2cccnc2)C[C@@H]1C. The largest absolute Gasteiger partial charge is 0.491 e. The zero-order valence-electron chi connectivity index (χ0n) is 20.4. The van der Waals surface area contributed by atoms with Gasteiger partial charge in [0.2, 0.25) is 10.0 Å². The maximum Gasteiger partial charge on any atom is 0.257 e. The molecule has 1 N–H and O–H groups in total. The number of rotatable bonds is 5. The predicted octanol–water partition coefficient (Wildman–Crippen LogP) is 2.46. The third kappa shape index (κ3) is 6.91. The van der Waals surface area contributed by atoms with Gasteiger partial charge in [-0.25, -0.2) is 8.42 Å². The summed E-state index contributed by atoms with van der Waals surface area (Å²) in [6, 6.07) is 8.68. The minimum absolute atomic E-state index is 0.00629. The summed E-state index contributed by atoms with van der Waals surface area (Å²) >= 11 is 0. The average molecular weight is 491 g/mol. The number of ether oxygens (including phenoxy) is 2. The van der Waals surface area contributed by atoms with Gasteiger partial charge in [0, 0.05) is 58.3 Å². The van der Waals surface area contributed by atoms with E-state index in [1.165, 1.54) is 0 Å².